The zero-order valence-corrected chi connectivity index (χ0v) is 28.8. The van der Waals surface area contributed by atoms with Gasteiger partial charge >= 0.3 is 0 Å². The molecule has 0 saturated carbocycles. The van der Waals surface area contributed by atoms with Crippen LogP contribution in [0.4, 0.5) is 0 Å². The van der Waals surface area contributed by atoms with Gasteiger partial charge in [-0.1, -0.05) is 36.4 Å². The summed E-state index contributed by atoms with van der Waals surface area (Å²) in [6, 6.07) is 30.0. The summed E-state index contributed by atoms with van der Waals surface area (Å²) in [6.07, 6.45) is 1.77. The molecule has 0 heterocycles. The highest BCUT2D eigenvalue weighted by Crippen LogP contribution is 2.38. The number of rotatable bonds is 9. The van der Waals surface area contributed by atoms with Crippen molar-refractivity contribution in [3.63, 3.8) is 0 Å². The molecule has 6 rings (SSSR count). The maximum atomic E-state index is 11.7. The van der Waals surface area contributed by atoms with Gasteiger partial charge in [-0.15, -0.1) is 0 Å². The quantitative estimate of drug-likeness (QED) is 0.0986. The molecule has 0 unspecified atom stereocenters. The summed E-state index contributed by atoms with van der Waals surface area (Å²) in [6.45, 7) is 7.46. The Hall–Kier alpha value is -5.88. The van der Waals surface area contributed by atoms with Crippen LogP contribution in [0.1, 0.15) is 66.8 Å². The van der Waals surface area contributed by atoms with Gasteiger partial charge in [0.15, 0.2) is 0 Å². The van der Waals surface area contributed by atoms with E-state index in [1.807, 2.05) is 100 Å². The Morgan fingerprint density at radius 1 is 0.380 bits per heavy atom. The van der Waals surface area contributed by atoms with Crippen LogP contribution in [0.3, 0.4) is 0 Å². The summed E-state index contributed by atoms with van der Waals surface area (Å²) >= 11 is 0. The number of benzene rings is 6. The van der Waals surface area contributed by atoms with Crippen molar-refractivity contribution in [1.29, 1.82) is 0 Å². The molecule has 0 aliphatic carbocycles. The maximum absolute atomic E-state index is 11.7. The van der Waals surface area contributed by atoms with Crippen LogP contribution in [-0.4, -0.2) is 30.6 Å². The van der Waals surface area contributed by atoms with E-state index in [2.05, 4.69) is 0 Å². The molecule has 0 radical (unpaired) electrons. The highest BCUT2D eigenvalue weighted by Gasteiger charge is 2.18. The average molecular weight is 668 g/mol. The second-order valence-electron chi connectivity index (χ2n) is 13.5. The van der Waals surface area contributed by atoms with Crippen molar-refractivity contribution in [3.05, 3.63) is 164 Å². The van der Waals surface area contributed by atoms with Crippen molar-refractivity contribution < 1.29 is 30.6 Å². The summed E-state index contributed by atoms with van der Waals surface area (Å²) in [5, 5.41) is 62.0. The zero-order valence-electron chi connectivity index (χ0n) is 28.8. The number of phenols is 5. The number of aromatic hydroxyl groups is 5. The Balaban J connectivity index is 1.51. The number of hydrogen-bond donors (Lipinski definition) is 5. The summed E-state index contributed by atoms with van der Waals surface area (Å²) in [5.74, 6) is 1.51. The molecule has 0 atom stereocenters. The van der Waals surface area contributed by atoms with Crippen LogP contribution in [0, 0.1) is 27.7 Å². The van der Waals surface area contributed by atoms with Gasteiger partial charge < -0.3 is 30.6 Å². The third-order valence-corrected chi connectivity index (χ3v) is 9.52. The smallest absolute Gasteiger partial charge is 0.256 e. The normalized spacial score (nSPS) is 11.2. The van der Waals surface area contributed by atoms with Crippen LogP contribution in [0.2, 0.25) is 0 Å². The molecule has 0 spiro atoms. The third-order valence-electron chi connectivity index (χ3n) is 9.52. The lowest BCUT2D eigenvalue weighted by molar-refractivity contribution is 0.462. The molecule has 7 N–H and O–H groups in total. The van der Waals surface area contributed by atoms with E-state index < -0.39 is 0 Å². The lowest BCUT2D eigenvalue weighted by atomic mass is 9.88. The number of hydrogen-bond acceptors (Lipinski definition) is 5. The standard InChI is InChI=1S/C44H42O6/c1-25-13-29(5-9-39(25)45)17-35-21-33(22-36(43(35)49)18-30-6-10-40(46)26(2)14-30)34-23-37(19-31-7-11-41(47)27(3)15-31)44(50)38(24-34)20-32-8-12-42(48)28(4)16-32/h5-16,21-24,45-50H,17-20H2,1-4H3/p+1. The van der Waals surface area contributed by atoms with E-state index in [9.17, 15) is 25.5 Å². The Bertz CT molecular complexity index is 1920. The second kappa shape index (κ2) is 13.9. The van der Waals surface area contributed by atoms with E-state index in [1.54, 1.807) is 24.3 Å². The summed E-state index contributed by atoms with van der Waals surface area (Å²) < 4.78 is 0. The van der Waals surface area contributed by atoms with Crippen LogP contribution in [0.25, 0.3) is 11.1 Å². The predicted molar refractivity (Wildman–Crippen MR) is 199 cm³/mol. The minimum Gasteiger partial charge on any atom is -0.593 e. The van der Waals surface area contributed by atoms with Crippen LogP contribution in [0.15, 0.2) is 97.1 Å². The van der Waals surface area contributed by atoms with Gasteiger partial charge in [0.1, 0.15) is 28.7 Å². The molecule has 6 aromatic rings. The van der Waals surface area contributed by atoms with Crippen molar-refractivity contribution in [3.8, 4) is 45.6 Å². The first kappa shape index (κ1) is 34.0. The van der Waals surface area contributed by atoms with E-state index in [1.165, 1.54) is 0 Å². The Morgan fingerprint density at radius 3 is 0.940 bits per heavy atom. The second-order valence-corrected chi connectivity index (χ2v) is 13.5. The van der Waals surface area contributed by atoms with Gasteiger partial charge in [0, 0.05) is 37.3 Å². The van der Waals surface area contributed by atoms with E-state index in [0.717, 1.165) is 77.9 Å². The molecule has 0 aliphatic rings. The molecule has 6 aromatic carbocycles. The molecular weight excluding hydrogens is 624 g/mol. The van der Waals surface area contributed by atoms with Crippen LogP contribution in [-0.2, 0) is 25.7 Å². The Morgan fingerprint density at radius 2 is 0.660 bits per heavy atom. The highest BCUT2D eigenvalue weighted by molar-refractivity contribution is 5.72. The molecule has 0 saturated heterocycles. The molecule has 6 heteroatoms. The molecule has 0 aliphatic heterocycles. The molecule has 0 bridgehead atoms. The van der Waals surface area contributed by atoms with Gasteiger partial charge in [0.05, 0.1) is 0 Å². The summed E-state index contributed by atoms with van der Waals surface area (Å²) in [5.41, 5.74) is 11.6. The fraction of sp³-hybridized carbons (Fsp3) is 0.182. The maximum Gasteiger partial charge on any atom is 0.256 e. The summed E-state index contributed by atoms with van der Waals surface area (Å²) in [4.78, 5) is 0. The van der Waals surface area contributed by atoms with Crippen molar-refractivity contribution in [2.24, 2.45) is 0 Å². The molecule has 6 nitrogen and oxygen atoms in total. The Kier molecular flexibility index (Phi) is 9.47. The van der Waals surface area contributed by atoms with Gasteiger partial charge in [-0.25, -0.2) is 0 Å². The monoisotopic (exact) mass is 667 g/mol. The SMILES string of the molecule is Cc1cc(Cc2cc(-c3cc(Cc4ccc(O)c(C)c4)c(O)c(Cc4ccc([OH2+])c(C)c4)c3)cc(Cc3ccc(O)c(C)c3)c2O)ccc1O. The highest BCUT2D eigenvalue weighted by atomic mass is 16.3. The lowest BCUT2D eigenvalue weighted by Gasteiger charge is -2.18. The average Bonchev–Trinajstić information content (AvgIpc) is 3.07. The van der Waals surface area contributed by atoms with Crippen molar-refractivity contribution >= 4 is 0 Å². The van der Waals surface area contributed by atoms with Gasteiger partial charge in [0.2, 0.25) is 0 Å². The zero-order chi connectivity index (χ0) is 35.7. The van der Waals surface area contributed by atoms with Crippen molar-refractivity contribution in [2.45, 2.75) is 53.4 Å². The van der Waals surface area contributed by atoms with E-state index in [-0.39, 0.29) is 28.7 Å². The third kappa shape index (κ3) is 7.40. The van der Waals surface area contributed by atoms with Gasteiger partial charge in [0.25, 0.3) is 5.75 Å². The van der Waals surface area contributed by atoms with Crippen LogP contribution >= 0.6 is 0 Å². The molecule has 50 heavy (non-hydrogen) atoms. The minimum absolute atomic E-state index is 0.190. The number of aryl methyl sites for hydroxylation is 4. The first-order chi connectivity index (χ1) is 23.8. The molecule has 0 fully saturated rings. The predicted octanol–water partition coefficient (Wildman–Crippen LogP) is 8.92. The van der Waals surface area contributed by atoms with Crippen molar-refractivity contribution in [2.75, 3.05) is 0 Å². The Labute approximate surface area is 292 Å². The fourth-order valence-electron chi connectivity index (χ4n) is 6.59. The number of phenolic OH excluding ortho intramolecular Hbond substituents is 5. The molecule has 0 aromatic heterocycles. The topological polar surface area (TPSA) is 124 Å². The molecular formula is C44H43O6+. The van der Waals surface area contributed by atoms with Crippen molar-refractivity contribution in [1.82, 2.24) is 0 Å². The van der Waals surface area contributed by atoms with Gasteiger partial charge in [-0.2, -0.15) is 0 Å². The van der Waals surface area contributed by atoms with Gasteiger partial charge in [-0.05, 0) is 155 Å². The lowest BCUT2D eigenvalue weighted by Crippen LogP contribution is -2.00. The molecule has 0 amide bonds. The van der Waals surface area contributed by atoms with E-state index in [0.29, 0.717) is 31.4 Å². The van der Waals surface area contributed by atoms with Crippen LogP contribution < -0.4 is 0 Å². The van der Waals surface area contributed by atoms with E-state index >= 15 is 0 Å². The van der Waals surface area contributed by atoms with Gasteiger partial charge in [-0.3, -0.25) is 0 Å². The minimum atomic E-state index is 0.190. The van der Waals surface area contributed by atoms with E-state index in [4.69, 9.17) is 5.11 Å². The summed E-state index contributed by atoms with van der Waals surface area (Å²) in [7, 11) is 0. The largest absolute Gasteiger partial charge is 0.593 e. The van der Waals surface area contributed by atoms with Crippen LogP contribution in [0.5, 0.6) is 34.5 Å². The fourth-order valence-corrected chi connectivity index (χ4v) is 6.59. The molecule has 254 valence electrons. The first-order valence-electron chi connectivity index (χ1n) is 16.7. The first-order valence-corrected chi connectivity index (χ1v) is 16.7.